The van der Waals surface area contributed by atoms with Gasteiger partial charge in [-0.15, -0.1) is 0 Å². The summed E-state index contributed by atoms with van der Waals surface area (Å²) in [5.41, 5.74) is -0.793. The first-order chi connectivity index (χ1) is 15.2. The predicted octanol–water partition coefficient (Wildman–Crippen LogP) is 4.04. The van der Waals surface area contributed by atoms with E-state index < -0.39 is 26.8 Å². The number of hydrogen-bond donors (Lipinski definition) is 1. The standard InChI is InChI=1S/C20H35N3O7P2/c1-7-27-31(25,28-8-2)20(32(26,29-9-3)30-10-4)21-18-16(5)22(6)23(19(18)24)17-14-12-11-13-15-17/h11-16,18,20-21H,7-10H2,1-6H3. The van der Waals surface area contributed by atoms with E-state index in [1.807, 2.05) is 37.3 Å². The third-order valence-electron chi connectivity index (χ3n) is 5.03. The second-order valence-corrected chi connectivity index (χ2v) is 11.7. The fourth-order valence-electron chi connectivity index (χ4n) is 3.57. The first kappa shape index (κ1) is 27.2. The zero-order valence-electron chi connectivity index (χ0n) is 19.6. The van der Waals surface area contributed by atoms with E-state index in [0.29, 0.717) is 5.69 Å². The summed E-state index contributed by atoms with van der Waals surface area (Å²) >= 11 is 0. The van der Waals surface area contributed by atoms with Gasteiger partial charge in [-0.25, -0.2) is 10.0 Å². The van der Waals surface area contributed by atoms with Crippen molar-refractivity contribution in [3.05, 3.63) is 30.3 Å². The molecule has 182 valence electrons. The largest absolute Gasteiger partial charge is 0.359 e. The van der Waals surface area contributed by atoms with Crippen molar-refractivity contribution >= 4 is 26.8 Å². The number of benzene rings is 1. The van der Waals surface area contributed by atoms with E-state index in [-0.39, 0.29) is 38.4 Å². The Morgan fingerprint density at radius 1 is 0.906 bits per heavy atom. The van der Waals surface area contributed by atoms with E-state index in [0.717, 1.165) is 0 Å². The number of amides is 1. The first-order valence-corrected chi connectivity index (χ1v) is 14.1. The van der Waals surface area contributed by atoms with Gasteiger partial charge in [-0.1, -0.05) is 18.2 Å². The lowest BCUT2D eigenvalue weighted by molar-refractivity contribution is -0.119. The molecular weight excluding hydrogens is 456 g/mol. The minimum atomic E-state index is -4.04. The summed E-state index contributed by atoms with van der Waals surface area (Å²) in [5.74, 6) is -0.296. The number of carbonyl (C=O) groups is 1. The normalized spacial score (nSPS) is 20.5. The maximum Gasteiger partial charge on any atom is 0.359 e. The van der Waals surface area contributed by atoms with Crippen LogP contribution in [0.2, 0.25) is 0 Å². The fourth-order valence-corrected chi connectivity index (χ4v) is 8.60. The molecule has 0 saturated carbocycles. The van der Waals surface area contributed by atoms with E-state index in [2.05, 4.69) is 5.32 Å². The summed E-state index contributed by atoms with van der Waals surface area (Å²) < 4.78 is 49.5. The zero-order chi connectivity index (χ0) is 23.9. The number of rotatable bonds is 13. The molecule has 32 heavy (non-hydrogen) atoms. The van der Waals surface area contributed by atoms with Crippen LogP contribution in [0.25, 0.3) is 0 Å². The third-order valence-corrected chi connectivity index (χ3v) is 10.7. The number of nitrogens with zero attached hydrogens (tertiary/aromatic N) is 2. The Balaban J connectivity index is 2.49. The van der Waals surface area contributed by atoms with Gasteiger partial charge in [0.15, 0.2) is 0 Å². The number of nitrogens with one attached hydrogen (secondary N) is 1. The van der Waals surface area contributed by atoms with E-state index >= 15 is 0 Å². The first-order valence-electron chi connectivity index (χ1n) is 10.8. The lowest BCUT2D eigenvalue weighted by atomic mass is 10.1. The molecule has 0 aromatic heterocycles. The van der Waals surface area contributed by atoms with Crippen LogP contribution in [0.4, 0.5) is 5.69 Å². The monoisotopic (exact) mass is 491 g/mol. The van der Waals surface area contributed by atoms with Gasteiger partial charge < -0.3 is 18.1 Å². The number of likely N-dealkylation sites (N-methyl/N-ethyl adjacent to an activating group) is 1. The Kier molecular flexibility index (Phi) is 10.1. The van der Waals surface area contributed by atoms with Gasteiger partial charge in [-0.05, 0) is 46.8 Å². The summed E-state index contributed by atoms with van der Waals surface area (Å²) in [6.07, 6.45) is 0. The van der Waals surface area contributed by atoms with Crippen LogP contribution in [-0.4, -0.2) is 62.0 Å². The quantitative estimate of drug-likeness (QED) is 0.409. The van der Waals surface area contributed by atoms with Crippen molar-refractivity contribution in [1.82, 2.24) is 10.3 Å². The highest BCUT2D eigenvalue weighted by Gasteiger charge is 2.55. The van der Waals surface area contributed by atoms with Gasteiger partial charge in [0.1, 0.15) is 6.04 Å². The van der Waals surface area contributed by atoms with Crippen LogP contribution in [0.3, 0.4) is 0 Å². The van der Waals surface area contributed by atoms with E-state index in [1.165, 1.54) is 5.01 Å². The fraction of sp³-hybridized carbons (Fsp3) is 0.650. The van der Waals surface area contributed by atoms with Gasteiger partial charge in [-0.3, -0.25) is 19.2 Å². The summed E-state index contributed by atoms with van der Waals surface area (Å²) in [6.45, 7) is 8.68. The Morgan fingerprint density at radius 3 is 1.75 bits per heavy atom. The lowest BCUT2D eigenvalue weighted by Gasteiger charge is -2.33. The van der Waals surface area contributed by atoms with Crippen LogP contribution >= 0.6 is 15.2 Å². The molecule has 1 aromatic rings. The Labute approximate surface area is 190 Å². The maximum absolute atomic E-state index is 13.8. The lowest BCUT2D eigenvalue weighted by Crippen LogP contribution is -2.48. The molecule has 10 nitrogen and oxygen atoms in total. The summed E-state index contributed by atoms with van der Waals surface area (Å²) in [6, 6.07) is 7.94. The number of anilines is 1. The molecule has 1 aliphatic rings. The molecule has 2 rings (SSSR count). The van der Waals surface area contributed by atoms with Crippen molar-refractivity contribution in [2.75, 3.05) is 38.5 Å². The molecule has 1 aliphatic heterocycles. The molecule has 1 amide bonds. The molecule has 1 saturated heterocycles. The molecule has 1 aromatic carbocycles. The molecule has 1 heterocycles. The molecule has 12 heteroatoms. The summed E-state index contributed by atoms with van der Waals surface area (Å²) in [5, 5.41) is 6.30. The number of para-hydroxylation sites is 1. The van der Waals surface area contributed by atoms with Crippen molar-refractivity contribution in [3.63, 3.8) is 0 Å². The highest BCUT2D eigenvalue weighted by molar-refractivity contribution is 7.72. The van der Waals surface area contributed by atoms with Crippen molar-refractivity contribution in [1.29, 1.82) is 0 Å². The summed E-state index contributed by atoms with van der Waals surface area (Å²) in [7, 11) is -6.30. The molecule has 1 N–H and O–H groups in total. The Hall–Kier alpha value is -1.09. The second-order valence-electron chi connectivity index (χ2n) is 7.07. The van der Waals surface area contributed by atoms with Crippen molar-refractivity contribution in [2.24, 2.45) is 0 Å². The summed E-state index contributed by atoms with van der Waals surface area (Å²) in [4.78, 5) is 13.4. The van der Waals surface area contributed by atoms with Crippen LogP contribution in [0.5, 0.6) is 0 Å². The average molecular weight is 491 g/mol. The number of hydrogen-bond acceptors (Lipinski definition) is 9. The molecular formula is C20H35N3O7P2. The highest BCUT2D eigenvalue weighted by Crippen LogP contribution is 2.69. The van der Waals surface area contributed by atoms with Gasteiger partial charge >= 0.3 is 15.2 Å². The minimum Gasteiger partial charge on any atom is -0.307 e. The molecule has 0 spiro atoms. The molecule has 1 fully saturated rings. The predicted molar refractivity (Wildman–Crippen MR) is 124 cm³/mol. The van der Waals surface area contributed by atoms with Crippen LogP contribution in [0.1, 0.15) is 34.6 Å². The molecule has 2 unspecified atom stereocenters. The van der Waals surface area contributed by atoms with E-state index in [4.69, 9.17) is 18.1 Å². The molecule has 0 radical (unpaired) electrons. The third kappa shape index (κ3) is 5.69. The van der Waals surface area contributed by atoms with Crippen molar-refractivity contribution in [3.8, 4) is 0 Å². The van der Waals surface area contributed by atoms with Crippen LogP contribution in [-0.2, 0) is 32.0 Å². The Morgan fingerprint density at radius 2 is 1.34 bits per heavy atom. The van der Waals surface area contributed by atoms with Crippen LogP contribution in [0, 0.1) is 0 Å². The molecule has 0 aliphatic carbocycles. The van der Waals surface area contributed by atoms with Gasteiger partial charge in [0.2, 0.25) is 5.52 Å². The van der Waals surface area contributed by atoms with Gasteiger partial charge in [0.25, 0.3) is 5.91 Å². The molecule has 2 atom stereocenters. The van der Waals surface area contributed by atoms with Gasteiger partial charge in [0.05, 0.1) is 38.2 Å². The maximum atomic E-state index is 13.8. The number of carbonyl (C=O) groups excluding carboxylic acids is 1. The highest BCUT2D eigenvalue weighted by atomic mass is 31.2. The van der Waals surface area contributed by atoms with Crippen LogP contribution < -0.4 is 10.3 Å². The van der Waals surface area contributed by atoms with Crippen LogP contribution in [0.15, 0.2) is 30.3 Å². The van der Waals surface area contributed by atoms with Gasteiger partial charge in [0, 0.05) is 7.05 Å². The molecule has 0 bridgehead atoms. The Bertz CT molecular complexity index is 792. The van der Waals surface area contributed by atoms with E-state index in [9.17, 15) is 13.9 Å². The zero-order valence-corrected chi connectivity index (χ0v) is 21.4. The average Bonchev–Trinajstić information content (AvgIpc) is 2.95. The minimum absolute atomic E-state index is 0.0535. The van der Waals surface area contributed by atoms with Crippen molar-refractivity contribution < 1.29 is 32.0 Å². The number of hydrazine groups is 1. The topological polar surface area (TPSA) is 107 Å². The second kappa shape index (κ2) is 11.9. The smallest absolute Gasteiger partial charge is 0.307 e. The van der Waals surface area contributed by atoms with E-state index in [1.54, 1.807) is 39.8 Å². The van der Waals surface area contributed by atoms with Crippen molar-refractivity contribution in [2.45, 2.75) is 52.2 Å². The SMILES string of the molecule is CCOP(=O)(OCC)C(NC1C(=O)N(c2ccccc2)N(C)C1C)P(=O)(OCC)OCC. The van der Waals surface area contributed by atoms with Gasteiger partial charge in [-0.2, -0.15) is 0 Å².